The van der Waals surface area contributed by atoms with Gasteiger partial charge in [0.2, 0.25) is 6.79 Å². The van der Waals surface area contributed by atoms with Crippen LogP contribution in [0.15, 0.2) is 18.2 Å². The molecular formula is C19H28N2O3. The van der Waals surface area contributed by atoms with Crippen LogP contribution in [0, 0.1) is 5.92 Å². The van der Waals surface area contributed by atoms with Crippen molar-refractivity contribution in [3.05, 3.63) is 23.8 Å². The number of nitrogens with zero attached hydrogens (tertiary/aromatic N) is 2. The first-order valence-electron chi connectivity index (χ1n) is 9.13. The molecule has 1 aromatic rings. The van der Waals surface area contributed by atoms with Crippen molar-refractivity contribution in [1.82, 2.24) is 9.80 Å². The van der Waals surface area contributed by atoms with Gasteiger partial charge in [-0.2, -0.15) is 0 Å². The molecule has 0 unspecified atom stereocenters. The normalized spacial score (nSPS) is 31.2. The third kappa shape index (κ3) is 3.25. The summed E-state index contributed by atoms with van der Waals surface area (Å²) in [6, 6.07) is 7.39. The minimum absolute atomic E-state index is 0.131. The lowest BCUT2D eigenvalue weighted by Gasteiger charge is -2.43. The minimum atomic E-state index is -0.131. The second-order valence-electron chi connectivity index (χ2n) is 7.80. The maximum absolute atomic E-state index is 9.90. The zero-order chi connectivity index (χ0) is 16.7. The minimum Gasteiger partial charge on any atom is -0.454 e. The van der Waals surface area contributed by atoms with E-state index in [9.17, 15) is 5.11 Å². The molecule has 1 N–H and O–H groups in total. The highest BCUT2D eigenvalue weighted by atomic mass is 16.7. The van der Waals surface area contributed by atoms with E-state index >= 15 is 0 Å². The van der Waals surface area contributed by atoms with Crippen LogP contribution in [0.1, 0.15) is 25.8 Å². The molecule has 5 nitrogen and oxygen atoms in total. The van der Waals surface area contributed by atoms with E-state index in [-0.39, 0.29) is 6.10 Å². The Morgan fingerprint density at radius 3 is 2.92 bits per heavy atom. The van der Waals surface area contributed by atoms with Crippen LogP contribution < -0.4 is 9.47 Å². The molecule has 0 aromatic heterocycles. The van der Waals surface area contributed by atoms with Crippen molar-refractivity contribution in [2.75, 3.05) is 33.0 Å². The molecule has 24 heavy (non-hydrogen) atoms. The van der Waals surface area contributed by atoms with Crippen LogP contribution in [-0.2, 0) is 6.42 Å². The zero-order valence-corrected chi connectivity index (χ0v) is 14.6. The molecule has 0 aliphatic carbocycles. The van der Waals surface area contributed by atoms with Gasteiger partial charge < -0.3 is 14.6 Å². The number of piperazine rings is 1. The van der Waals surface area contributed by atoms with E-state index < -0.39 is 0 Å². The highest BCUT2D eigenvalue weighted by molar-refractivity contribution is 5.44. The van der Waals surface area contributed by atoms with Gasteiger partial charge in [0.1, 0.15) is 0 Å². The molecule has 0 spiro atoms. The Balaban J connectivity index is 1.35. The van der Waals surface area contributed by atoms with Crippen molar-refractivity contribution in [2.45, 2.75) is 44.9 Å². The Kier molecular flexibility index (Phi) is 4.41. The van der Waals surface area contributed by atoms with Crippen molar-refractivity contribution >= 4 is 0 Å². The van der Waals surface area contributed by atoms with E-state index in [0.717, 1.165) is 50.5 Å². The van der Waals surface area contributed by atoms with E-state index in [4.69, 9.17) is 9.47 Å². The molecule has 3 aliphatic heterocycles. The molecule has 3 heterocycles. The van der Waals surface area contributed by atoms with Gasteiger partial charge in [-0.1, -0.05) is 13.0 Å². The Bertz CT molecular complexity index is 594. The van der Waals surface area contributed by atoms with Crippen molar-refractivity contribution < 1.29 is 14.6 Å². The molecule has 132 valence electrons. The van der Waals surface area contributed by atoms with E-state index in [0.29, 0.717) is 24.8 Å². The fourth-order valence-corrected chi connectivity index (χ4v) is 4.47. The molecule has 5 heteroatoms. The number of rotatable bonds is 4. The lowest BCUT2D eigenvalue weighted by atomic mass is 9.98. The van der Waals surface area contributed by atoms with Crippen molar-refractivity contribution in [2.24, 2.45) is 5.92 Å². The van der Waals surface area contributed by atoms with Crippen LogP contribution in [0.2, 0.25) is 0 Å². The number of ether oxygens (including phenoxy) is 2. The summed E-state index contributed by atoms with van der Waals surface area (Å²) in [7, 11) is 0. The lowest BCUT2D eigenvalue weighted by Crippen LogP contribution is -2.55. The average Bonchev–Trinajstić information content (AvgIpc) is 3.12. The summed E-state index contributed by atoms with van der Waals surface area (Å²) >= 11 is 0. The van der Waals surface area contributed by atoms with Gasteiger partial charge in [-0.25, -0.2) is 0 Å². The molecule has 3 aliphatic rings. The molecule has 2 fully saturated rings. The second-order valence-corrected chi connectivity index (χ2v) is 7.80. The van der Waals surface area contributed by atoms with E-state index in [1.165, 1.54) is 5.56 Å². The number of hydrogen-bond donors (Lipinski definition) is 1. The smallest absolute Gasteiger partial charge is 0.231 e. The van der Waals surface area contributed by atoms with Crippen molar-refractivity contribution in [3.8, 4) is 11.5 Å². The largest absolute Gasteiger partial charge is 0.454 e. The lowest BCUT2D eigenvalue weighted by molar-refractivity contribution is 0.0488. The molecule has 0 saturated carbocycles. The molecule has 4 atom stereocenters. The zero-order valence-electron chi connectivity index (χ0n) is 14.6. The summed E-state index contributed by atoms with van der Waals surface area (Å²) in [5.74, 6) is 2.32. The third-order valence-electron chi connectivity index (χ3n) is 5.64. The van der Waals surface area contributed by atoms with Gasteiger partial charge in [-0.15, -0.1) is 0 Å². The molecule has 0 amide bonds. The number of benzene rings is 1. The quantitative estimate of drug-likeness (QED) is 0.910. The predicted octanol–water partition coefficient (Wildman–Crippen LogP) is 1.73. The van der Waals surface area contributed by atoms with Crippen LogP contribution in [-0.4, -0.2) is 66.1 Å². The highest BCUT2D eigenvalue weighted by Gasteiger charge is 2.38. The molecule has 4 rings (SSSR count). The molecule has 0 radical (unpaired) electrons. The maximum atomic E-state index is 9.90. The summed E-state index contributed by atoms with van der Waals surface area (Å²) in [5.41, 5.74) is 1.31. The van der Waals surface area contributed by atoms with Crippen LogP contribution in [0.3, 0.4) is 0 Å². The van der Waals surface area contributed by atoms with Gasteiger partial charge >= 0.3 is 0 Å². The number of aliphatic hydroxyl groups excluding tert-OH is 1. The second kappa shape index (κ2) is 6.54. The molecule has 2 saturated heterocycles. The van der Waals surface area contributed by atoms with E-state index in [1.807, 2.05) is 6.07 Å². The standard InChI is InChI=1S/C19H28N2O3/c1-13(5-15-3-4-18-19(6-15)24-12-23-18)8-20-10-16-7-17(22)11-21(16)9-14(20)2/h3-4,6,13-14,16-17,22H,5,7-12H2,1-2H3/t13-,14-,16-,17+/m0/s1. The molecular weight excluding hydrogens is 304 g/mol. The predicted molar refractivity (Wildman–Crippen MR) is 92.5 cm³/mol. The number of fused-ring (bicyclic) bond motifs is 2. The van der Waals surface area contributed by atoms with Gasteiger partial charge in [0.15, 0.2) is 11.5 Å². The van der Waals surface area contributed by atoms with Crippen molar-refractivity contribution in [1.29, 1.82) is 0 Å². The fourth-order valence-electron chi connectivity index (χ4n) is 4.47. The van der Waals surface area contributed by atoms with E-state index in [2.05, 4.69) is 35.8 Å². The average molecular weight is 332 g/mol. The first kappa shape index (κ1) is 16.2. The topological polar surface area (TPSA) is 45.2 Å². The first-order chi connectivity index (χ1) is 11.6. The highest BCUT2D eigenvalue weighted by Crippen LogP contribution is 2.33. The van der Waals surface area contributed by atoms with Crippen LogP contribution >= 0.6 is 0 Å². The number of aliphatic hydroxyl groups is 1. The van der Waals surface area contributed by atoms with Crippen LogP contribution in [0.5, 0.6) is 11.5 Å². The molecule has 1 aromatic carbocycles. The monoisotopic (exact) mass is 332 g/mol. The Labute approximate surface area is 144 Å². The Hall–Kier alpha value is -1.30. The van der Waals surface area contributed by atoms with Gasteiger partial charge in [0, 0.05) is 38.3 Å². The Morgan fingerprint density at radius 1 is 1.21 bits per heavy atom. The summed E-state index contributed by atoms with van der Waals surface area (Å²) in [6.07, 6.45) is 1.85. The third-order valence-corrected chi connectivity index (χ3v) is 5.64. The van der Waals surface area contributed by atoms with E-state index in [1.54, 1.807) is 0 Å². The first-order valence-corrected chi connectivity index (χ1v) is 9.13. The number of hydrogen-bond acceptors (Lipinski definition) is 5. The summed E-state index contributed by atoms with van der Waals surface area (Å²) in [6.45, 7) is 9.11. The Morgan fingerprint density at radius 2 is 2.04 bits per heavy atom. The van der Waals surface area contributed by atoms with Gasteiger partial charge in [-0.3, -0.25) is 9.80 Å². The maximum Gasteiger partial charge on any atom is 0.231 e. The van der Waals surface area contributed by atoms with Gasteiger partial charge in [0.05, 0.1) is 6.10 Å². The van der Waals surface area contributed by atoms with Crippen molar-refractivity contribution in [3.63, 3.8) is 0 Å². The molecule has 0 bridgehead atoms. The summed E-state index contributed by atoms with van der Waals surface area (Å²) in [4.78, 5) is 5.07. The van der Waals surface area contributed by atoms with Gasteiger partial charge in [0.25, 0.3) is 0 Å². The SMILES string of the molecule is C[C@@H](Cc1ccc2c(c1)OCO2)CN1C[C@@H]2C[C@@H](O)CN2C[C@@H]1C. The summed E-state index contributed by atoms with van der Waals surface area (Å²) < 4.78 is 10.9. The fraction of sp³-hybridized carbons (Fsp3) is 0.684. The summed E-state index contributed by atoms with van der Waals surface area (Å²) in [5, 5.41) is 9.90. The van der Waals surface area contributed by atoms with Crippen LogP contribution in [0.25, 0.3) is 0 Å². The van der Waals surface area contributed by atoms with Gasteiger partial charge in [-0.05, 0) is 43.4 Å². The van der Waals surface area contributed by atoms with Crippen LogP contribution in [0.4, 0.5) is 0 Å².